The molecule has 2 aromatic carbocycles. The molecule has 3 aromatic rings. The van der Waals surface area contributed by atoms with Crippen LogP contribution in [0, 0.1) is 0 Å². The Morgan fingerprint density at radius 2 is 1.82 bits per heavy atom. The highest BCUT2D eigenvalue weighted by Gasteiger charge is 2.23. The number of amides is 1. The van der Waals surface area contributed by atoms with Gasteiger partial charge >= 0.3 is 0 Å². The van der Waals surface area contributed by atoms with E-state index < -0.39 is 0 Å². The van der Waals surface area contributed by atoms with Gasteiger partial charge in [-0.1, -0.05) is 41.0 Å². The van der Waals surface area contributed by atoms with Crippen molar-refractivity contribution >= 4 is 29.1 Å². The van der Waals surface area contributed by atoms with Crippen molar-refractivity contribution in [2.45, 2.75) is 0 Å². The molecule has 1 aliphatic rings. The van der Waals surface area contributed by atoms with Crippen molar-refractivity contribution in [3.05, 3.63) is 59.6 Å². The van der Waals surface area contributed by atoms with E-state index in [4.69, 9.17) is 11.6 Å². The summed E-state index contributed by atoms with van der Waals surface area (Å²) in [6.07, 6.45) is 0. The lowest BCUT2D eigenvalue weighted by Crippen LogP contribution is -2.49. The Balaban J connectivity index is 1.33. The minimum atomic E-state index is -0.0511. The molecule has 8 nitrogen and oxygen atoms in total. The third-order valence-corrected chi connectivity index (χ3v) is 4.82. The van der Waals surface area contributed by atoms with E-state index in [0.29, 0.717) is 23.2 Å². The van der Waals surface area contributed by atoms with Crippen molar-refractivity contribution in [3.8, 4) is 5.69 Å². The Kier molecular flexibility index (Phi) is 5.50. The summed E-state index contributed by atoms with van der Waals surface area (Å²) in [6.45, 7) is 3.34. The molecule has 0 atom stereocenters. The molecule has 0 spiro atoms. The van der Waals surface area contributed by atoms with Crippen molar-refractivity contribution in [1.82, 2.24) is 25.1 Å². The minimum Gasteiger partial charge on any atom is -0.337 e. The Labute approximate surface area is 167 Å². The molecule has 0 unspecified atom stereocenters. The second-order valence-electron chi connectivity index (χ2n) is 6.55. The van der Waals surface area contributed by atoms with Gasteiger partial charge in [0.15, 0.2) is 0 Å². The van der Waals surface area contributed by atoms with E-state index in [1.165, 1.54) is 0 Å². The number of para-hydroxylation sites is 1. The number of nitrogens with zero attached hydrogens (tertiary/aromatic N) is 6. The second-order valence-corrected chi connectivity index (χ2v) is 6.98. The van der Waals surface area contributed by atoms with Crippen molar-refractivity contribution in [1.29, 1.82) is 0 Å². The molecule has 1 N–H and O–H groups in total. The number of hydrogen-bond donors (Lipinski definition) is 1. The highest BCUT2D eigenvalue weighted by Crippen LogP contribution is 2.17. The van der Waals surface area contributed by atoms with E-state index in [-0.39, 0.29) is 5.91 Å². The minimum absolute atomic E-state index is 0.0511. The predicted molar refractivity (Wildman–Crippen MR) is 108 cm³/mol. The number of carbonyl (C=O) groups excluding carboxylic acids is 1. The van der Waals surface area contributed by atoms with Crippen LogP contribution < -0.4 is 10.2 Å². The average Bonchev–Trinajstić information content (AvgIpc) is 3.19. The molecule has 0 aliphatic carbocycles. The molecule has 2 heterocycles. The lowest BCUT2D eigenvalue weighted by Gasteiger charge is -2.34. The van der Waals surface area contributed by atoms with Gasteiger partial charge in [0.05, 0.1) is 12.2 Å². The van der Waals surface area contributed by atoms with Crippen LogP contribution in [0.1, 0.15) is 0 Å². The zero-order valence-corrected chi connectivity index (χ0v) is 16.0. The highest BCUT2D eigenvalue weighted by molar-refractivity contribution is 6.30. The Morgan fingerprint density at radius 1 is 1.04 bits per heavy atom. The molecular weight excluding hydrogens is 378 g/mol. The van der Waals surface area contributed by atoms with E-state index in [9.17, 15) is 4.79 Å². The topological polar surface area (TPSA) is 79.2 Å². The smallest absolute Gasteiger partial charge is 0.250 e. The lowest BCUT2D eigenvalue weighted by atomic mass is 10.3. The molecule has 1 amide bonds. The van der Waals surface area contributed by atoms with Crippen LogP contribution >= 0.6 is 11.6 Å². The number of carbonyl (C=O) groups is 1. The normalized spacial score (nSPS) is 14.8. The quantitative estimate of drug-likeness (QED) is 0.710. The largest absolute Gasteiger partial charge is 0.337 e. The van der Waals surface area contributed by atoms with Crippen molar-refractivity contribution in [2.75, 3.05) is 42.9 Å². The fourth-order valence-electron chi connectivity index (χ4n) is 3.19. The zero-order chi connectivity index (χ0) is 19.3. The predicted octanol–water partition coefficient (Wildman–Crippen LogP) is 2.08. The molecule has 0 radical (unpaired) electrons. The molecular formula is C19H20ClN7O. The number of nitrogens with one attached hydrogen (secondary N) is 1. The number of halogens is 1. The molecule has 1 saturated heterocycles. The fraction of sp³-hybridized carbons (Fsp3) is 0.263. The van der Waals surface area contributed by atoms with E-state index in [0.717, 1.165) is 31.9 Å². The maximum Gasteiger partial charge on any atom is 0.250 e. The van der Waals surface area contributed by atoms with Crippen LogP contribution in [0.2, 0.25) is 5.02 Å². The van der Waals surface area contributed by atoms with Gasteiger partial charge in [0.2, 0.25) is 11.9 Å². The van der Waals surface area contributed by atoms with Crippen molar-refractivity contribution < 1.29 is 4.79 Å². The summed E-state index contributed by atoms with van der Waals surface area (Å²) in [7, 11) is 0. The van der Waals surface area contributed by atoms with Gasteiger partial charge in [0.25, 0.3) is 0 Å². The van der Waals surface area contributed by atoms with Crippen LogP contribution in [-0.2, 0) is 4.79 Å². The first-order valence-corrected chi connectivity index (χ1v) is 9.43. The highest BCUT2D eigenvalue weighted by atomic mass is 35.5. The molecule has 1 aliphatic heterocycles. The average molecular weight is 398 g/mol. The molecule has 0 saturated carbocycles. The molecule has 4 rings (SSSR count). The summed E-state index contributed by atoms with van der Waals surface area (Å²) in [5.74, 6) is 0.666. The van der Waals surface area contributed by atoms with Crippen LogP contribution in [0.25, 0.3) is 5.69 Å². The molecule has 9 heteroatoms. The molecule has 144 valence electrons. The third-order valence-electron chi connectivity index (χ3n) is 4.58. The third kappa shape index (κ3) is 4.29. The number of anilines is 2. The summed E-state index contributed by atoms with van der Waals surface area (Å²) < 4.78 is 1.74. The van der Waals surface area contributed by atoms with Crippen LogP contribution in [0.15, 0.2) is 54.6 Å². The van der Waals surface area contributed by atoms with Gasteiger partial charge in [-0.3, -0.25) is 9.69 Å². The maximum absolute atomic E-state index is 12.3. The van der Waals surface area contributed by atoms with Gasteiger partial charge < -0.3 is 10.2 Å². The number of tetrazole rings is 1. The van der Waals surface area contributed by atoms with Crippen LogP contribution in [0.4, 0.5) is 11.6 Å². The van der Waals surface area contributed by atoms with Crippen molar-refractivity contribution in [2.24, 2.45) is 0 Å². The van der Waals surface area contributed by atoms with Gasteiger partial charge in [-0.05, 0) is 40.8 Å². The number of aromatic nitrogens is 4. The van der Waals surface area contributed by atoms with Crippen LogP contribution in [0.5, 0.6) is 0 Å². The zero-order valence-electron chi connectivity index (χ0n) is 15.2. The lowest BCUT2D eigenvalue weighted by molar-refractivity contribution is -0.117. The Bertz CT molecular complexity index is 938. The van der Waals surface area contributed by atoms with E-state index in [2.05, 4.69) is 30.6 Å². The first kappa shape index (κ1) is 18.4. The second kappa shape index (κ2) is 8.37. The molecule has 1 fully saturated rings. The molecule has 1 aromatic heterocycles. The first-order valence-electron chi connectivity index (χ1n) is 9.05. The van der Waals surface area contributed by atoms with E-state index in [1.54, 1.807) is 16.8 Å². The SMILES string of the molecule is O=C(CN1CCN(c2nnnn2-c2ccccc2)CC1)Nc1cccc(Cl)c1. The Morgan fingerprint density at radius 3 is 2.57 bits per heavy atom. The summed E-state index contributed by atoms with van der Waals surface area (Å²) in [6, 6.07) is 17.0. The molecule has 0 bridgehead atoms. The van der Waals surface area contributed by atoms with Gasteiger partial charge in [0.1, 0.15) is 0 Å². The van der Waals surface area contributed by atoms with Gasteiger partial charge in [-0.2, -0.15) is 4.68 Å². The monoisotopic (exact) mass is 397 g/mol. The summed E-state index contributed by atoms with van der Waals surface area (Å²) in [5.41, 5.74) is 1.63. The summed E-state index contributed by atoms with van der Waals surface area (Å²) in [4.78, 5) is 16.6. The maximum atomic E-state index is 12.3. The number of rotatable bonds is 5. The van der Waals surface area contributed by atoms with Crippen molar-refractivity contribution in [3.63, 3.8) is 0 Å². The number of benzene rings is 2. The van der Waals surface area contributed by atoms with Gasteiger partial charge in [-0.15, -0.1) is 0 Å². The fourth-order valence-corrected chi connectivity index (χ4v) is 3.38. The van der Waals surface area contributed by atoms with Crippen LogP contribution in [-0.4, -0.2) is 63.7 Å². The number of piperazine rings is 1. The summed E-state index contributed by atoms with van der Waals surface area (Å²) >= 11 is 5.96. The first-order chi connectivity index (χ1) is 13.7. The van der Waals surface area contributed by atoms with E-state index >= 15 is 0 Å². The molecule has 28 heavy (non-hydrogen) atoms. The van der Waals surface area contributed by atoms with Gasteiger partial charge in [0, 0.05) is 36.9 Å². The summed E-state index contributed by atoms with van der Waals surface area (Å²) in [5, 5.41) is 15.6. The van der Waals surface area contributed by atoms with Crippen LogP contribution in [0.3, 0.4) is 0 Å². The number of hydrogen-bond acceptors (Lipinski definition) is 6. The Hall–Kier alpha value is -2.97. The van der Waals surface area contributed by atoms with E-state index in [1.807, 2.05) is 42.5 Å². The van der Waals surface area contributed by atoms with Gasteiger partial charge in [-0.25, -0.2) is 0 Å². The standard InChI is InChI=1S/C19H20ClN7O/c20-15-5-4-6-16(13-15)21-18(28)14-25-9-11-26(12-10-25)19-22-23-24-27(19)17-7-2-1-3-8-17/h1-8,13H,9-12,14H2,(H,21,28).